The molecule has 0 unspecified atom stereocenters. The van der Waals surface area contributed by atoms with E-state index in [1.54, 1.807) is 0 Å². The number of benzene rings is 2. The SMILES string of the molecule is CC(=O)c1ccc(F)c(-c2ccc(Cl)cc2F)c1. The van der Waals surface area contributed by atoms with Crippen molar-refractivity contribution in [1.29, 1.82) is 0 Å². The Morgan fingerprint density at radius 3 is 2.33 bits per heavy atom. The van der Waals surface area contributed by atoms with Crippen molar-refractivity contribution in [2.45, 2.75) is 6.92 Å². The second-order valence-corrected chi connectivity index (χ2v) is 4.31. The Balaban J connectivity index is 2.62. The summed E-state index contributed by atoms with van der Waals surface area (Å²) in [5, 5.41) is 0.236. The van der Waals surface area contributed by atoms with E-state index >= 15 is 0 Å². The van der Waals surface area contributed by atoms with Crippen molar-refractivity contribution in [2.24, 2.45) is 0 Å². The molecule has 0 bridgehead atoms. The molecule has 0 aromatic heterocycles. The summed E-state index contributed by atoms with van der Waals surface area (Å²) in [6.45, 7) is 1.37. The Bertz CT molecular complexity index is 623. The van der Waals surface area contributed by atoms with Crippen molar-refractivity contribution in [3.63, 3.8) is 0 Å². The van der Waals surface area contributed by atoms with Crippen molar-refractivity contribution in [3.8, 4) is 11.1 Å². The lowest BCUT2D eigenvalue weighted by Gasteiger charge is -2.07. The minimum atomic E-state index is -0.623. The first-order valence-corrected chi connectivity index (χ1v) is 5.63. The molecule has 0 radical (unpaired) electrons. The van der Waals surface area contributed by atoms with Gasteiger partial charge in [-0.1, -0.05) is 11.6 Å². The summed E-state index contributed by atoms with van der Waals surface area (Å²) in [7, 11) is 0. The highest BCUT2D eigenvalue weighted by Crippen LogP contribution is 2.28. The summed E-state index contributed by atoms with van der Waals surface area (Å²) < 4.78 is 27.4. The predicted molar refractivity (Wildman–Crippen MR) is 66.8 cm³/mol. The molecule has 1 nitrogen and oxygen atoms in total. The molecule has 0 fully saturated rings. The molecular formula is C14H9ClF2O. The number of rotatable bonds is 2. The van der Waals surface area contributed by atoms with Crippen LogP contribution in [-0.4, -0.2) is 5.78 Å². The third-order valence-electron chi connectivity index (χ3n) is 2.59. The van der Waals surface area contributed by atoms with Crippen LogP contribution in [0, 0.1) is 11.6 Å². The highest BCUT2D eigenvalue weighted by Gasteiger charge is 2.12. The van der Waals surface area contributed by atoms with Gasteiger partial charge in [0, 0.05) is 21.7 Å². The summed E-state index contributed by atoms with van der Waals surface area (Å²) in [6.07, 6.45) is 0. The zero-order chi connectivity index (χ0) is 13.3. The Morgan fingerprint density at radius 2 is 1.72 bits per heavy atom. The van der Waals surface area contributed by atoms with Gasteiger partial charge >= 0.3 is 0 Å². The first-order valence-electron chi connectivity index (χ1n) is 5.25. The van der Waals surface area contributed by atoms with E-state index in [9.17, 15) is 13.6 Å². The monoisotopic (exact) mass is 266 g/mol. The summed E-state index contributed by atoms with van der Waals surface area (Å²) in [4.78, 5) is 11.2. The number of halogens is 3. The minimum absolute atomic E-state index is 0.0527. The molecule has 2 aromatic rings. The number of Topliss-reactive ketones (excluding diaryl/α,β-unsaturated/α-hetero) is 1. The van der Waals surface area contributed by atoms with Crippen LogP contribution in [0.2, 0.25) is 5.02 Å². The molecule has 2 rings (SSSR count). The second-order valence-electron chi connectivity index (χ2n) is 3.87. The summed E-state index contributed by atoms with van der Waals surface area (Å²) in [5.74, 6) is -1.41. The van der Waals surface area contributed by atoms with Gasteiger partial charge in [-0.2, -0.15) is 0 Å². The molecule has 0 aliphatic carbocycles. The van der Waals surface area contributed by atoms with E-state index in [0.717, 1.165) is 12.1 Å². The highest BCUT2D eigenvalue weighted by molar-refractivity contribution is 6.30. The van der Waals surface area contributed by atoms with Crippen LogP contribution in [0.25, 0.3) is 11.1 Å². The minimum Gasteiger partial charge on any atom is -0.295 e. The van der Waals surface area contributed by atoms with Gasteiger partial charge in [0.25, 0.3) is 0 Å². The van der Waals surface area contributed by atoms with E-state index in [1.165, 1.54) is 31.2 Å². The van der Waals surface area contributed by atoms with E-state index < -0.39 is 11.6 Å². The molecule has 0 saturated carbocycles. The normalized spacial score (nSPS) is 10.4. The smallest absolute Gasteiger partial charge is 0.159 e. The van der Waals surface area contributed by atoms with Gasteiger partial charge in [0.1, 0.15) is 11.6 Å². The van der Waals surface area contributed by atoms with Crippen LogP contribution < -0.4 is 0 Å². The van der Waals surface area contributed by atoms with Crippen molar-refractivity contribution in [3.05, 3.63) is 58.6 Å². The van der Waals surface area contributed by atoms with Gasteiger partial charge in [-0.3, -0.25) is 4.79 Å². The van der Waals surface area contributed by atoms with Crippen molar-refractivity contribution < 1.29 is 13.6 Å². The zero-order valence-electron chi connectivity index (χ0n) is 9.51. The lowest BCUT2D eigenvalue weighted by atomic mass is 10.0. The highest BCUT2D eigenvalue weighted by atomic mass is 35.5. The Morgan fingerprint density at radius 1 is 1.00 bits per heavy atom. The molecule has 2 aromatic carbocycles. The van der Waals surface area contributed by atoms with Crippen LogP contribution in [0.15, 0.2) is 36.4 Å². The molecule has 4 heteroatoms. The fraction of sp³-hybridized carbons (Fsp3) is 0.0714. The second kappa shape index (κ2) is 4.86. The standard InChI is InChI=1S/C14H9ClF2O/c1-8(18)9-2-5-13(16)12(6-9)11-4-3-10(15)7-14(11)17/h2-7H,1H3. The van der Waals surface area contributed by atoms with Crippen molar-refractivity contribution >= 4 is 17.4 Å². The van der Waals surface area contributed by atoms with E-state index in [2.05, 4.69) is 0 Å². The van der Waals surface area contributed by atoms with Gasteiger partial charge in [-0.05, 0) is 43.3 Å². The van der Waals surface area contributed by atoms with E-state index in [1.807, 2.05) is 0 Å². The molecule has 0 spiro atoms. The maximum Gasteiger partial charge on any atom is 0.159 e. The summed E-state index contributed by atoms with van der Waals surface area (Å²) >= 11 is 5.64. The largest absolute Gasteiger partial charge is 0.295 e. The van der Waals surface area contributed by atoms with Crippen molar-refractivity contribution in [1.82, 2.24) is 0 Å². The summed E-state index contributed by atoms with van der Waals surface area (Å²) in [6, 6.07) is 7.83. The van der Waals surface area contributed by atoms with Crippen LogP contribution in [0.4, 0.5) is 8.78 Å². The van der Waals surface area contributed by atoms with Crippen LogP contribution in [0.1, 0.15) is 17.3 Å². The van der Waals surface area contributed by atoms with Crippen LogP contribution >= 0.6 is 11.6 Å². The van der Waals surface area contributed by atoms with E-state index in [0.29, 0.717) is 5.56 Å². The number of carbonyl (C=O) groups is 1. The topological polar surface area (TPSA) is 17.1 Å². The zero-order valence-corrected chi connectivity index (χ0v) is 10.3. The average Bonchev–Trinajstić information content (AvgIpc) is 2.30. The fourth-order valence-corrected chi connectivity index (χ4v) is 1.82. The van der Waals surface area contributed by atoms with Gasteiger partial charge in [-0.25, -0.2) is 8.78 Å². The molecule has 18 heavy (non-hydrogen) atoms. The quantitative estimate of drug-likeness (QED) is 0.732. The molecule has 0 aliphatic rings. The lowest BCUT2D eigenvalue weighted by Crippen LogP contribution is -1.95. The average molecular weight is 267 g/mol. The van der Waals surface area contributed by atoms with Gasteiger partial charge in [0.15, 0.2) is 5.78 Å². The van der Waals surface area contributed by atoms with Crippen molar-refractivity contribution in [2.75, 3.05) is 0 Å². The number of hydrogen-bond acceptors (Lipinski definition) is 1. The molecule has 0 amide bonds. The molecule has 92 valence electrons. The molecule has 0 heterocycles. The Labute approximate surface area is 108 Å². The van der Waals surface area contributed by atoms with Gasteiger partial charge < -0.3 is 0 Å². The summed E-state index contributed by atoms with van der Waals surface area (Å²) in [5.41, 5.74) is 0.470. The van der Waals surface area contributed by atoms with Crippen LogP contribution in [0.5, 0.6) is 0 Å². The van der Waals surface area contributed by atoms with Gasteiger partial charge in [-0.15, -0.1) is 0 Å². The number of carbonyl (C=O) groups excluding carboxylic acids is 1. The Kier molecular flexibility index (Phi) is 3.43. The molecule has 0 aliphatic heterocycles. The number of ketones is 1. The number of hydrogen-bond donors (Lipinski definition) is 0. The van der Waals surface area contributed by atoms with Crippen LogP contribution in [-0.2, 0) is 0 Å². The van der Waals surface area contributed by atoms with E-state index in [4.69, 9.17) is 11.6 Å². The third kappa shape index (κ3) is 2.41. The molecular weight excluding hydrogens is 258 g/mol. The van der Waals surface area contributed by atoms with Gasteiger partial charge in [0.05, 0.1) is 0 Å². The van der Waals surface area contributed by atoms with Gasteiger partial charge in [0.2, 0.25) is 0 Å². The lowest BCUT2D eigenvalue weighted by molar-refractivity contribution is 0.101. The molecule has 0 atom stereocenters. The first kappa shape index (κ1) is 12.7. The molecule has 0 N–H and O–H groups in total. The van der Waals surface area contributed by atoms with E-state index in [-0.39, 0.29) is 21.9 Å². The maximum absolute atomic E-state index is 13.7. The predicted octanol–water partition coefficient (Wildman–Crippen LogP) is 4.49. The maximum atomic E-state index is 13.7. The molecule has 0 saturated heterocycles. The third-order valence-corrected chi connectivity index (χ3v) is 2.83. The Hall–Kier alpha value is -1.74. The van der Waals surface area contributed by atoms with Crippen LogP contribution in [0.3, 0.4) is 0 Å². The first-order chi connectivity index (χ1) is 8.49. The fourth-order valence-electron chi connectivity index (χ4n) is 1.66.